The average molecular weight is 230 g/mol. The SMILES string of the molecule is C=C(c1ccc2ccccc2c1)C(CO)OO. The number of hydrogen-bond acceptors (Lipinski definition) is 3. The van der Waals surface area contributed by atoms with Crippen molar-refractivity contribution in [2.45, 2.75) is 6.10 Å². The summed E-state index contributed by atoms with van der Waals surface area (Å²) in [7, 11) is 0. The molecular formula is C14H14O3. The van der Waals surface area contributed by atoms with Gasteiger partial charge in [-0.15, -0.1) is 0 Å². The smallest absolute Gasteiger partial charge is 0.141 e. The number of benzene rings is 2. The van der Waals surface area contributed by atoms with Gasteiger partial charge < -0.3 is 5.11 Å². The van der Waals surface area contributed by atoms with E-state index >= 15 is 0 Å². The maximum Gasteiger partial charge on any atom is 0.141 e. The molecule has 3 nitrogen and oxygen atoms in total. The third-order valence-corrected chi connectivity index (χ3v) is 2.80. The van der Waals surface area contributed by atoms with Gasteiger partial charge in [0.2, 0.25) is 0 Å². The molecule has 0 aliphatic heterocycles. The fourth-order valence-electron chi connectivity index (χ4n) is 1.78. The zero-order chi connectivity index (χ0) is 12.3. The van der Waals surface area contributed by atoms with Gasteiger partial charge in [0.1, 0.15) is 6.10 Å². The first-order chi connectivity index (χ1) is 8.26. The molecule has 0 aliphatic rings. The van der Waals surface area contributed by atoms with Crippen LogP contribution >= 0.6 is 0 Å². The molecule has 0 spiro atoms. The minimum absolute atomic E-state index is 0.303. The highest BCUT2D eigenvalue weighted by Gasteiger charge is 2.13. The fourth-order valence-corrected chi connectivity index (χ4v) is 1.78. The van der Waals surface area contributed by atoms with Crippen LogP contribution in [-0.4, -0.2) is 23.1 Å². The second kappa shape index (κ2) is 5.10. The lowest BCUT2D eigenvalue weighted by molar-refractivity contribution is -0.268. The molecule has 0 fully saturated rings. The lowest BCUT2D eigenvalue weighted by Crippen LogP contribution is -2.17. The van der Waals surface area contributed by atoms with Crippen LogP contribution in [-0.2, 0) is 4.89 Å². The molecule has 2 aromatic rings. The second-order valence-electron chi connectivity index (χ2n) is 3.86. The maximum atomic E-state index is 9.03. The van der Waals surface area contributed by atoms with Crippen LogP contribution in [0.4, 0.5) is 0 Å². The van der Waals surface area contributed by atoms with Crippen molar-refractivity contribution in [3.8, 4) is 0 Å². The first-order valence-corrected chi connectivity index (χ1v) is 5.35. The van der Waals surface area contributed by atoms with Crippen molar-refractivity contribution in [2.75, 3.05) is 6.61 Å². The highest BCUT2D eigenvalue weighted by Crippen LogP contribution is 2.23. The Morgan fingerprint density at radius 2 is 1.88 bits per heavy atom. The topological polar surface area (TPSA) is 49.7 Å². The van der Waals surface area contributed by atoms with E-state index in [1.807, 2.05) is 42.5 Å². The minimum Gasteiger partial charge on any atom is -0.393 e. The summed E-state index contributed by atoms with van der Waals surface area (Å²) in [6.45, 7) is 3.53. The highest BCUT2D eigenvalue weighted by atomic mass is 17.1. The Hall–Kier alpha value is -1.68. The average Bonchev–Trinajstić information content (AvgIpc) is 2.39. The van der Waals surface area contributed by atoms with E-state index in [0.717, 1.165) is 16.3 Å². The minimum atomic E-state index is -0.781. The van der Waals surface area contributed by atoms with E-state index in [1.165, 1.54) is 0 Å². The number of rotatable bonds is 4. The van der Waals surface area contributed by atoms with E-state index in [4.69, 9.17) is 10.4 Å². The molecule has 0 heterocycles. The Morgan fingerprint density at radius 1 is 1.18 bits per heavy atom. The van der Waals surface area contributed by atoms with Gasteiger partial charge in [-0.1, -0.05) is 43.0 Å². The summed E-state index contributed by atoms with van der Waals surface area (Å²) in [6.07, 6.45) is -0.781. The van der Waals surface area contributed by atoms with E-state index < -0.39 is 6.10 Å². The van der Waals surface area contributed by atoms with E-state index in [-0.39, 0.29) is 6.61 Å². The van der Waals surface area contributed by atoms with Gasteiger partial charge in [0.25, 0.3) is 0 Å². The van der Waals surface area contributed by atoms with Gasteiger partial charge >= 0.3 is 0 Å². The molecule has 1 unspecified atom stereocenters. The third kappa shape index (κ3) is 2.36. The summed E-state index contributed by atoms with van der Waals surface area (Å²) in [5, 5.41) is 19.9. The number of fused-ring (bicyclic) bond motifs is 1. The largest absolute Gasteiger partial charge is 0.393 e. The first-order valence-electron chi connectivity index (χ1n) is 5.35. The van der Waals surface area contributed by atoms with Gasteiger partial charge in [-0.2, -0.15) is 0 Å². The molecule has 0 saturated carbocycles. The number of aliphatic hydroxyl groups excluding tert-OH is 1. The van der Waals surface area contributed by atoms with Crippen LogP contribution in [0.25, 0.3) is 16.3 Å². The molecule has 0 bridgehead atoms. The van der Waals surface area contributed by atoms with E-state index in [9.17, 15) is 0 Å². The molecule has 2 aromatic carbocycles. The lowest BCUT2D eigenvalue weighted by atomic mass is 9.99. The molecule has 1 atom stereocenters. The summed E-state index contributed by atoms with van der Waals surface area (Å²) in [5.41, 5.74) is 1.40. The van der Waals surface area contributed by atoms with Crippen molar-refractivity contribution in [1.29, 1.82) is 0 Å². The summed E-state index contributed by atoms with van der Waals surface area (Å²) >= 11 is 0. The van der Waals surface area contributed by atoms with Gasteiger partial charge in [0.15, 0.2) is 0 Å². The van der Waals surface area contributed by atoms with Gasteiger partial charge in [0.05, 0.1) is 6.61 Å². The Morgan fingerprint density at radius 3 is 2.53 bits per heavy atom. The first kappa shape index (κ1) is 11.8. The molecule has 17 heavy (non-hydrogen) atoms. The summed E-state index contributed by atoms with van der Waals surface area (Å²) in [6, 6.07) is 13.8. The summed E-state index contributed by atoms with van der Waals surface area (Å²) < 4.78 is 0. The summed E-state index contributed by atoms with van der Waals surface area (Å²) in [5.74, 6) is 0. The van der Waals surface area contributed by atoms with Crippen molar-refractivity contribution in [3.63, 3.8) is 0 Å². The van der Waals surface area contributed by atoms with Crippen molar-refractivity contribution >= 4 is 16.3 Å². The summed E-state index contributed by atoms with van der Waals surface area (Å²) in [4.78, 5) is 4.18. The van der Waals surface area contributed by atoms with E-state index in [1.54, 1.807) is 0 Å². The van der Waals surface area contributed by atoms with Crippen molar-refractivity contribution in [2.24, 2.45) is 0 Å². The zero-order valence-electron chi connectivity index (χ0n) is 9.34. The van der Waals surface area contributed by atoms with Crippen LogP contribution in [0.5, 0.6) is 0 Å². The van der Waals surface area contributed by atoms with E-state index in [0.29, 0.717) is 5.57 Å². The monoisotopic (exact) mass is 230 g/mol. The van der Waals surface area contributed by atoms with Crippen LogP contribution in [0, 0.1) is 0 Å². The predicted octanol–water partition coefficient (Wildman–Crippen LogP) is 2.70. The predicted molar refractivity (Wildman–Crippen MR) is 67.6 cm³/mol. The molecule has 0 radical (unpaired) electrons. The Kier molecular flexibility index (Phi) is 3.54. The van der Waals surface area contributed by atoms with Crippen molar-refractivity contribution in [3.05, 3.63) is 54.6 Å². The van der Waals surface area contributed by atoms with Crippen LogP contribution in [0.2, 0.25) is 0 Å². The van der Waals surface area contributed by atoms with Gasteiger partial charge in [-0.05, 0) is 28.0 Å². The van der Waals surface area contributed by atoms with Crippen molar-refractivity contribution in [1.82, 2.24) is 0 Å². The highest BCUT2D eigenvalue weighted by molar-refractivity contribution is 5.86. The molecule has 3 heteroatoms. The van der Waals surface area contributed by atoms with E-state index in [2.05, 4.69) is 11.5 Å². The molecule has 2 rings (SSSR count). The van der Waals surface area contributed by atoms with Crippen LogP contribution < -0.4 is 0 Å². The van der Waals surface area contributed by atoms with Gasteiger partial charge in [-0.3, -0.25) is 5.26 Å². The molecule has 0 aliphatic carbocycles. The van der Waals surface area contributed by atoms with Crippen molar-refractivity contribution < 1.29 is 15.3 Å². The van der Waals surface area contributed by atoms with Crippen LogP contribution in [0.3, 0.4) is 0 Å². The quantitative estimate of drug-likeness (QED) is 0.627. The molecule has 0 amide bonds. The Labute approximate surface area is 99.5 Å². The maximum absolute atomic E-state index is 9.03. The number of hydrogen-bond donors (Lipinski definition) is 2. The van der Waals surface area contributed by atoms with Crippen LogP contribution in [0.15, 0.2) is 49.0 Å². The molecule has 88 valence electrons. The molecule has 0 aromatic heterocycles. The van der Waals surface area contributed by atoms with Gasteiger partial charge in [-0.25, -0.2) is 4.89 Å². The zero-order valence-corrected chi connectivity index (χ0v) is 9.34. The van der Waals surface area contributed by atoms with Crippen LogP contribution in [0.1, 0.15) is 5.56 Å². The molecular weight excluding hydrogens is 216 g/mol. The standard InChI is InChI=1S/C14H14O3/c1-10(14(9-15)17-16)12-7-6-11-4-2-3-5-13(11)8-12/h2-8,14-16H,1,9H2. The molecule has 2 N–H and O–H groups in total. The molecule has 0 saturated heterocycles. The third-order valence-electron chi connectivity index (χ3n) is 2.80. The van der Waals surface area contributed by atoms with Gasteiger partial charge in [0, 0.05) is 0 Å². The Balaban J connectivity index is 2.39. The lowest BCUT2D eigenvalue weighted by Gasteiger charge is -2.14. The normalized spacial score (nSPS) is 12.6. The number of aliphatic hydroxyl groups is 1. The second-order valence-corrected chi connectivity index (χ2v) is 3.86. The fraction of sp³-hybridized carbons (Fsp3) is 0.143. The Bertz CT molecular complexity index is 530.